The molecule has 0 spiro atoms. The first-order valence-corrected chi connectivity index (χ1v) is 10.9. The fourth-order valence-electron chi connectivity index (χ4n) is 3.44. The Labute approximate surface area is 175 Å². The smallest absolute Gasteiger partial charge is 0.195 e. The minimum atomic E-state index is 0.597. The van der Waals surface area contributed by atoms with E-state index in [0.29, 0.717) is 6.61 Å². The zero-order valence-corrected chi connectivity index (χ0v) is 17.5. The van der Waals surface area contributed by atoms with E-state index in [2.05, 4.69) is 43.9 Å². The Morgan fingerprint density at radius 3 is 2.38 bits per heavy atom. The first-order valence-electron chi connectivity index (χ1n) is 9.95. The summed E-state index contributed by atoms with van der Waals surface area (Å²) >= 11 is 1.67. The SMILES string of the molecule is COc1ccc(OCCSc2nnc(CN3CCCC3)n2-c2ccccc2)cc1. The number of hydrogen-bond donors (Lipinski definition) is 0. The molecule has 0 amide bonds. The van der Waals surface area contributed by atoms with E-state index in [1.807, 2.05) is 30.3 Å². The molecule has 3 aromatic rings. The van der Waals surface area contributed by atoms with Gasteiger partial charge in [0, 0.05) is 11.4 Å². The Morgan fingerprint density at radius 1 is 0.931 bits per heavy atom. The van der Waals surface area contributed by atoms with Crippen LogP contribution in [0.2, 0.25) is 0 Å². The van der Waals surface area contributed by atoms with E-state index < -0.39 is 0 Å². The summed E-state index contributed by atoms with van der Waals surface area (Å²) in [5, 5.41) is 9.89. The summed E-state index contributed by atoms with van der Waals surface area (Å²) in [5.74, 6) is 3.45. The van der Waals surface area contributed by atoms with E-state index in [1.165, 1.54) is 12.8 Å². The van der Waals surface area contributed by atoms with Gasteiger partial charge >= 0.3 is 0 Å². The van der Waals surface area contributed by atoms with Crippen LogP contribution in [0.4, 0.5) is 0 Å². The second kappa shape index (κ2) is 9.80. The number of nitrogens with zero attached hydrogens (tertiary/aromatic N) is 4. The topological polar surface area (TPSA) is 52.4 Å². The third kappa shape index (κ3) is 5.10. The molecule has 0 unspecified atom stereocenters. The van der Waals surface area contributed by atoms with Crippen molar-refractivity contribution in [1.82, 2.24) is 19.7 Å². The molecular weight excluding hydrogens is 384 g/mol. The molecule has 2 aromatic carbocycles. The average molecular weight is 411 g/mol. The van der Waals surface area contributed by atoms with Gasteiger partial charge < -0.3 is 9.47 Å². The molecule has 7 heteroatoms. The van der Waals surface area contributed by atoms with Crippen molar-refractivity contribution in [2.24, 2.45) is 0 Å². The number of rotatable bonds is 9. The summed E-state index contributed by atoms with van der Waals surface area (Å²) in [4.78, 5) is 2.45. The van der Waals surface area contributed by atoms with E-state index in [1.54, 1.807) is 18.9 Å². The average Bonchev–Trinajstić information content (AvgIpc) is 3.42. The predicted molar refractivity (Wildman–Crippen MR) is 115 cm³/mol. The molecule has 0 aliphatic carbocycles. The van der Waals surface area contributed by atoms with Crippen molar-refractivity contribution in [2.45, 2.75) is 24.5 Å². The molecule has 1 saturated heterocycles. The largest absolute Gasteiger partial charge is 0.497 e. The lowest BCUT2D eigenvalue weighted by atomic mass is 10.3. The van der Waals surface area contributed by atoms with Crippen LogP contribution in [0.25, 0.3) is 5.69 Å². The van der Waals surface area contributed by atoms with Gasteiger partial charge in [-0.1, -0.05) is 30.0 Å². The molecule has 0 bridgehead atoms. The summed E-state index contributed by atoms with van der Waals surface area (Å²) in [6.07, 6.45) is 2.54. The summed E-state index contributed by atoms with van der Waals surface area (Å²) in [7, 11) is 1.66. The number of aromatic nitrogens is 3. The lowest BCUT2D eigenvalue weighted by Crippen LogP contribution is -2.21. The summed E-state index contributed by atoms with van der Waals surface area (Å²) in [5.41, 5.74) is 1.10. The van der Waals surface area contributed by atoms with Crippen molar-refractivity contribution in [3.63, 3.8) is 0 Å². The molecule has 152 valence electrons. The van der Waals surface area contributed by atoms with Crippen LogP contribution in [0, 0.1) is 0 Å². The van der Waals surface area contributed by atoms with E-state index in [4.69, 9.17) is 9.47 Å². The van der Waals surface area contributed by atoms with Gasteiger partial charge in [0.2, 0.25) is 0 Å². The van der Waals surface area contributed by atoms with Gasteiger partial charge in [0.1, 0.15) is 11.5 Å². The first kappa shape index (κ1) is 19.8. The zero-order chi connectivity index (χ0) is 19.9. The van der Waals surface area contributed by atoms with Crippen molar-refractivity contribution < 1.29 is 9.47 Å². The van der Waals surface area contributed by atoms with Gasteiger partial charge in [-0.25, -0.2) is 0 Å². The summed E-state index contributed by atoms with van der Waals surface area (Å²) in [6, 6.07) is 18.0. The normalized spacial score (nSPS) is 14.2. The molecule has 1 fully saturated rings. The second-order valence-electron chi connectivity index (χ2n) is 6.93. The highest BCUT2D eigenvalue weighted by Gasteiger charge is 2.19. The lowest BCUT2D eigenvalue weighted by molar-refractivity contribution is 0.319. The van der Waals surface area contributed by atoms with Crippen LogP contribution < -0.4 is 9.47 Å². The van der Waals surface area contributed by atoms with E-state index in [0.717, 1.165) is 53.6 Å². The van der Waals surface area contributed by atoms with Gasteiger partial charge in [-0.2, -0.15) is 0 Å². The van der Waals surface area contributed by atoms with E-state index in [9.17, 15) is 0 Å². The minimum Gasteiger partial charge on any atom is -0.497 e. The molecular formula is C22H26N4O2S. The molecule has 1 aliphatic rings. The second-order valence-corrected chi connectivity index (χ2v) is 7.99. The standard InChI is InChI=1S/C22H26N4O2S/c1-27-19-9-11-20(12-10-19)28-15-16-29-22-24-23-21(17-25-13-5-6-14-25)26(22)18-7-3-2-4-8-18/h2-4,7-12H,5-6,13-17H2,1H3. The Hall–Kier alpha value is -2.51. The maximum absolute atomic E-state index is 5.85. The van der Waals surface area contributed by atoms with Crippen molar-refractivity contribution in [3.8, 4) is 17.2 Å². The first-order chi connectivity index (χ1) is 14.3. The van der Waals surface area contributed by atoms with Gasteiger partial charge in [-0.3, -0.25) is 9.47 Å². The van der Waals surface area contributed by atoms with Crippen LogP contribution in [0.5, 0.6) is 11.5 Å². The number of para-hydroxylation sites is 1. The molecule has 0 radical (unpaired) electrons. The third-order valence-electron chi connectivity index (χ3n) is 4.92. The Balaban J connectivity index is 1.41. The van der Waals surface area contributed by atoms with Crippen molar-refractivity contribution in [1.29, 1.82) is 0 Å². The highest BCUT2D eigenvalue weighted by Crippen LogP contribution is 2.24. The van der Waals surface area contributed by atoms with Gasteiger partial charge in [-0.05, 0) is 62.3 Å². The predicted octanol–water partition coefficient (Wildman–Crippen LogP) is 4.04. The maximum Gasteiger partial charge on any atom is 0.195 e. The van der Waals surface area contributed by atoms with Crippen LogP contribution in [-0.4, -0.2) is 52.2 Å². The number of thioether (sulfide) groups is 1. The van der Waals surface area contributed by atoms with Crippen LogP contribution in [0.15, 0.2) is 59.8 Å². The quantitative estimate of drug-likeness (QED) is 0.392. The number of hydrogen-bond acceptors (Lipinski definition) is 6. The molecule has 6 nitrogen and oxygen atoms in total. The maximum atomic E-state index is 5.85. The Morgan fingerprint density at radius 2 is 1.66 bits per heavy atom. The minimum absolute atomic E-state index is 0.597. The van der Waals surface area contributed by atoms with Crippen molar-refractivity contribution in [2.75, 3.05) is 32.6 Å². The highest BCUT2D eigenvalue weighted by molar-refractivity contribution is 7.99. The van der Waals surface area contributed by atoms with Gasteiger partial charge in [-0.15, -0.1) is 10.2 Å². The number of ether oxygens (including phenoxy) is 2. The van der Waals surface area contributed by atoms with Crippen molar-refractivity contribution >= 4 is 11.8 Å². The molecule has 1 aromatic heterocycles. The van der Waals surface area contributed by atoms with Crippen molar-refractivity contribution in [3.05, 3.63) is 60.4 Å². The molecule has 2 heterocycles. The highest BCUT2D eigenvalue weighted by atomic mass is 32.2. The fraction of sp³-hybridized carbons (Fsp3) is 0.364. The number of methoxy groups -OCH3 is 1. The summed E-state index contributed by atoms with van der Waals surface area (Å²) < 4.78 is 13.2. The fourth-order valence-corrected chi connectivity index (χ4v) is 4.23. The molecule has 0 N–H and O–H groups in total. The number of benzene rings is 2. The number of likely N-dealkylation sites (tertiary alicyclic amines) is 1. The molecule has 0 atom stereocenters. The van der Waals surface area contributed by atoms with Gasteiger partial charge in [0.15, 0.2) is 11.0 Å². The lowest BCUT2D eigenvalue weighted by Gasteiger charge is -2.16. The van der Waals surface area contributed by atoms with Crippen LogP contribution in [0.1, 0.15) is 18.7 Å². The Kier molecular flexibility index (Phi) is 6.69. The summed E-state index contributed by atoms with van der Waals surface area (Å²) in [6.45, 7) is 3.71. The van der Waals surface area contributed by atoms with E-state index in [-0.39, 0.29) is 0 Å². The zero-order valence-electron chi connectivity index (χ0n) is 16.7. The van der Waals surface area contributed by atoms with E-state index >= 15 is 0 Å². The van der Waals surface area contributed by atoms with Gasteiger partial charge in [0.05, 0.1) is 20.3 Å². The molecule has 4 rings (SSSR count). The monoisotopic (exact) mass is 410 g/mol. The van der Waals surface area contributed by atoms with Crippen LogP contribution >= 0.6 is 11.8 Å². The molecule has 29 heavy (non-hydrogen) atoms. The van der Waals surface area contributed by atoms with Crippen LogP contribution in [-0.2, 0) is 6.54 Å². The molecule has 1 aliphatic heterocycles. The van der Waals surface area contributed by atoms with Crippen LogP contribution in [0.3, 0.4) is 0 Å². The molecule has 0 saturated carbocycles. The Bertz CT molecular complexity index is 893. The third-order valence-corrected chi connectivity index (χ3v) is 5.81. The van der Waals surface area contributed by atoms with Gasteiger partial charge in [0.25, 0.3) is 0 Å².